The molecule has 26 heavy (non-hydrogen) atoms. The van der Waals surface area contributed by atoms with Gasteiger partial charge in [0.1, 0.15) is 5.76 Å². The summed E-state index contributed by atoms with van der Waals surface area (Å²) in [5, 5.41) is 10.8. The molecule has 6 nitrogen and oxygen atoms in total. The van der Waals surface area contributed by atoms with Crippen LogP contribution in [-0.4, -0.2) is 53.9 Å². The van der Waals surface area contributed by atoms with Gasteiger partial charge in [-0.2, -0.15) is 0 Å². The summed E-state index contributed by atoms with van der Waals surface area (Å²) >= 11 is 0. The van der Waals surface area contributed by atoms with Crippen molar-refractivity contribution in [1.82, 2.24) is 9.88 Å². The number of likely N-dealkylation sites (N-methyl/N-ethyl adjacent to an activating group) is 1. The number of aliphatic hydroxyl groups is 1. The molecule has 6 heteroatoms. The Bertz CT molecular complexity index is 832. The maximum absolute atomic E-state index is 12.7. The first-order chi connectivity index (χ1) is 12.5. The van der Waals surface area contributed by atoms with Gasteiger partial charge in [0.15, 0.2) is 0 Å². The second-order valence-electron chi connectivity index (χ2n) is 6.60. The minimum absolute atomic E-state index is 0.126. The highest BCUT2D eigenvalue weighted by atomic mass is 16.3. The number of aliphatic hydroxyl groups excluding tert-OH is 1. The molecule has 0 saturated carbocycles. The van der Waals surface area contributed by atoms with Gasteiger partial charge in [-0.15, -0.1) is 0 Å². The van der Waals surface area contributed by atoms with Gasteiger partial charge in [-0.05, 0) is 17.7 Å². The highest BCUT2D eigenvalue weighted by Crippen LogP contribution is 2.38. The molecule has 1 aliphatic heterocycles. The minimum atomic E-state index is -0.651. The van der Waals surface area contributed by atoms with Crippen molar-refractivity contribution in [2.45, 2.75) is 6.04 Å². The first-order valence-electron chi connectivity index (χ1n) is 8.53. The maximum Gasteiger partial charge on any atom is 0.295 e. The summed E-state index contributed by atoms with van der Waals surface area (Å²) < 4.78 is 0. The highest BCUT2D eigenvalue weighted by Gasteiger charge is 2.46. The van der Waals surface area contributed by atoms with Crippen LogP contribution in [0.15, 0.2) is 60.4 Å². The van der Waals surface area contributed by atoms with Crippen LogP contribution in [0, 0.1) is 0 Å². The van der Waals surface area contributed by atoms with Crippen LogP contribution < -0.4 is 4.90 Å². The van der Waals surface area contributed by atoms with Gasteiger partial charge in [-0.25, -0.2) is 0 Å². The van der Waals surface area contributed by atoms with E-state index in [2.05, 4.69) is 4.98 Å². The number of quaternary nitrogens is 1. The molecule has 1 aromatic carbocycles. The Morgan fingerprint density at radius 3 is 2.38 bits per heavy atom. The Kier molecular flexibility index (Phi) is 5.14. The predicted molar refractivity (Wildman–Crippen MR) is 97.4 cm³/mol. The van der Waals surface area contributed by atoms with Crippen LogP contribution in [-0.2, 0) is 9.59 Å². The van der Waals surface area contributed by atoms with Gasteiger partial charge in [0.05, 0.1) is 38.8 Å². The van der Waals surface area contributed by atoms with E-state index in [1.54, 1.807) is 53.7 Å². The lowest BCUT2D eigenvalue weighted by Crippen LogP contribution is -3.06. The van der Waals surface area contributed by atoms with Gasteiger partial charge in [0, 0.05) is 18.0 Å². The number of likely N-dealkylation sites (tertiary alicyclic amines) is 1. The molecule has 3 rings (SSSR count). The molecular formula is C20H22N3O3+. The lowest BCUT2D eigenvalue weighted by atomic mass is 9.96. The lowest BCUT2D eigenvalue weighted by Gasteiger charge is -2.25. The molecule has 1 aliphatic rings. The van der Waals surface area contributed by atoms with Gasteiger partial charge >= 0.3 is 0 Å². The summed E-state index contributed by atoms with van der Waals surface area (Å²) in [7, 11) is 3.98. The summed E-state index contributed by atoms with van der Waals surface area (Å²) in [4.78, 5) is 32.1. The average Bonchev–Trinajstić information content (AvgIpc) is 2.91. The molecule has 134 valence electrons. The fraction of sp³-hybridized carbons (Fsp3) is 0.250. The Morgan fingerprint density at radius 2 is 1.77 bits per heavy atom. The van der Waals surface area contributed by atoms with Gasteiger partial charge in [-0.3, -0.25) is 14.6 Å². The Balaban J connectivity index is 2.12. The van der Waals surface area contributed by atoms with E-state index in [0.717, 1.165) is 5.56 Å². The van der Waals surface area contributed by atoms with Crippen LogP contribution in [0.1, 0.15) is 17.2 Å². The number of carbonyl (C=O) groups is 2. The van der Waals surface area contributed by atoms with E-state index in [1.807, 2.05) is 20.2 Å². The number of rotatable bonds is 5. The van der Waals surface area contributed by atoms with Crippen LogP contribution in [0.25, 0.3) is 5.76 Å². The van der Waals surface area contributed by atoms with E-state index < -0.39 is 17.7 Å². The number of ketones is 1. The fourth-order valence-corrected chi connectivity index (χ4v) is 3.10. The van der Waals surface area contributed by atoms with Crippen molar-refractivity contribution in [3.05, 3.63) is 71.6 Å². The number of Topliss-reactive ketones (excluding diaryl/α,β-unsaturated/α-hetero) is 1. The van der Waals surface area contributed by atoms with Crippen molar-refractivity contribution in [2.75, 3.05) is 27.2 Å². The molecule has 0 aliphatic carbocycles. The summed E-state index contributed by atoms with van der Waals surface area (Å²) in [6.07, 6.45) is 3.24. The van der Waals surface area contributed by atoms with Crippen molar-refractivity contribution in [2.24, 2.45) is 0 Å². The van der Waals surface area contributed by atoms with Crippen LogP contribution in [0.2, 0.25) is 0 Å². The number of amides is 1. The molecule has 0 spiro atoms. The number of benzene rings is 1. The van der Waals surface area contributed by atoms with Crippen LogP contribution in [0.5, 0.6) is 0 Å². The van der Waals surface area contributed by atoms with Crippen molar-refractivity contribution in [3.8, 4) is 0 Å². The topological polar surface area (TPSA) is 74.9 Å². The third-order valence-corrected chi connectivity index (χ3v) is 4.46. The summed E-state index contributed by atoms with van der Waals surface area (Å²) in [5.41, 5.74) is 1.40. The average molecular weight is 352 g/mol. The molecule has 1 atom stereocenters. The number of hydrogen-bond donors (Lipinski definition) is 2. The third-order valence-electron chi connectivity index (χ3n) is 4.46. The zero-order valence-electron chi connectivity index (χ0n) is 14.8. The fourth-order valence-electron chi connectivity index (χ4n) is 3.10. The second kappa shape index (κ2) is 7.49. The molecule has 1 saturated heterocycles. The molecule has 2 heterocycles. The number of carbonyl (C=O) groups excluding carboxylic acids is 2. The lowest BCUT2D eigenvalue weighted by molar-refractivity contribution is -0.857. The van der Waals surface area contributed by atoms with E-state index in [1.165, 1.54) is 4.90 Å². The van der Waals surface area contributed by atoms with Gasteiger partial charge in [0.25, 0.3) is 11.7 Å². The summed E-state index contributed by atoms with van der Waals surface area (Å²) in [5.74, 6) is -1.38. The van der Waals surface area contributed by atoms with Crippen molar-refractivity contribution < 1.29 is 19.6 Å². The minimum Gasteiger partial charge on any atom is -0.507 e. The monoisotopic (exact) mass is 352 g/mol. The summed E-state index contributed by atoms with van der Waals surface area (Å²) in [6.45, 7) is 1.12. The quantitative estimate of drug-likeness (QED) is 0.471. The van der Waals surface area contributed by atoms with Gasteiger partial charge in [-0.1, -0.05) is 30.3 Å². The van der Waals surface area contributed by atoms with E-state index in [9.17, 15) is 14.7 Å². The molecule has 1 amide bonds. The van der Waals surface area contributed by atoms with E-state index in [-0.39, 0.29) is 11.3 Å². The molecule has 0 bridgehead atoms. The van der Waals surface area contributed by atoms with Gasteiger partial charge in [0.2, 0.25) is 0 Å². The van der Waals surface area contributed by atoms with Crippen LogP contribution in [0.3, 0.4) is 0 Å². The smallest absolute Gasteiger partial charge is 0.295 e. The van der Waals surface area contributed by atoms with Crippen molar-refractivity contribution in [1.29, 1.82) is 0 Å². The first kappa shape index (κ1) is 17.8. The number of hydrogen-bond acceptors (Lipinski definition) is 4. The molecule has 0 radical (unpaired) electrons. The van der Waals surface area contributed by atoms with Crippen molar-refractivity contribution in [3.63, 3.8) is 0 Å². The number of pyridine rings is 1. The number of nitrogens with one attached hydrogen (secondary N) is 1. The molecule has 1 fully saturated rings. The zero-order chi connectivity index (χ0) is 18.7. The molecular weight excluding hydrogens is 330 g/mol. The van der Waals surface area contributed by atoms with Crippen LogP contribution >= 0.6 is 0 Å². The maximum atomic E-state index is 12.7. The number of nitrogens with zero attached hydrogens (tertiary/aromatic N) is 2. The van der Waals surface area contributed by atoms with Crippen LogP contribution in [0.4, 0.5) is 0 Å². The largest absolute Gasteiger partial charge is 0.507 e. The molecule has 1 aromatic heterocycles. The van der Waals surface area contributed by atoms with E-state index >= 15 is 0 Å². The SMILES string of the molecule is C[NH+](C)CCN1C(=O)C(=O)/C(=C(/O)c2ccccc2)[C@H]1c1ccncc1. The number of aromatic nitrogens is 1. The molecule has 2 aromatic rings. The third kappa shape index (κ3) is 3.36. The highest BCUT2D eigenvalue weighted by molar-refractivity contribution is 6.46. The summed E-state index contributed by atoms with van der Waals surface area (Å²) in [6, 6.07) is 11.7. The Labute approximate surface area is 152 Å². The first-order valence-corrected chi connectivity index (χ1v) is 8.53. The predicted octanol–water partition coefficient (Wildman–Crippen LogP) is 0.648. The normalized spacial score (nSPS) is 19.3. The molecule has 2 N–H and O–H groups in total. The van der Waals surface area contributed by atoms with Crippen molar-refractivity contribution >= 4 is 17.4 Å². The second-order valence-corrected chi connectivity index (χ2v) is 6.60. The molecule has 0 unspecified atom stereocenters. The Morgan fingerprint density at radius 1 is 1.12 bits per heavy atom. The van der Waals surface area contributed by atoms with E-state index in [0.29, 0.717) is 18.7 Å². The standard InChI is InChI=1S/C20H21N3O3/c1-22(2)12-13-23-17(14-8-10-21-11-9-14)16(19(25)20(23)26)18(24)15-6-4-3-5-7-15/h3-11,17,24H,12-13H2,1-2H3/p+1/b18-16+/t17-/m1/s1. The zero-order valence-corrected chi connectivity index (χ0v) is 14.8. The Hall–Kier alpha value is -2.99. The van der Waals surface area contributed by atoms with E-state index in [4.69, 9.17) is 0 Å². The van der Waals surface area contributed by atoms with Gasteiger partial charge < -0.3 is 14.9 Å².